The van der Waals surface area contributed by atoms with Crippen LogP contribution in [0.5, 0.6) is 0 Å². The first-order valence-electron chi connectivity index (χ1n) is 6.36. The molecule has 0 saturated carbocycles. The number of amides is 1. The second-order valence-electron chi connectivity index (χ2n) is 4.75. The van der Waals surface area contributed by atoms with Crippen LogP contribution in [0.2, 0.25) is 0 Å². The third-order valence-electron chi connectivity index (χ3n) is 2.69. The molecule has 2 aromatic rings. The van der Waals surface area contributed by atoms with Crippen molar-refractivity contribution in [3.63, 3.8) is 0 Å². The second-order valence-corrected chi connectivity index (χ2v) is 4.75. The van der Waals surface area contributed by atoms with Crippen molar-refractivity contribution in [3.05, 3.63) is 34.6 Å². The van der Waals surface area contributed by atoms with Gasteiger partial charge in [0.2, 0.25) is 0 Å². The van der Waals surface area contributed by atoms with Crippen LogP contribution in [-0.2, 0) is 4.74 Å². The summed E-state index contributed by atoms with van der Waals surface area (Å²) in [7, 11) is 0. The molecule has 0 unspecified atom stereocenters. The second kappa shape index (κ2) is 6.14. The Bertz CT molecular complexity index is 666. The zero-order chi connectivity index (χ0) is 14.5. The maximum Gasteiger partial charge on any atom is 0.427 e. The molecule has 1 N–H and O–H groups in total. The van der Waals surface area contributed by atoms with Crippen molar-refractivity contribution in [1.82, 2.24) is 15.1 Å². The lowest BCUT2D eigenvalue weighted by molar-refractivity contribution is 0.151. The van der Waals surface area contributed by atoms with Crippen molar-refractivity contribution < 1.29 is 9.53 Å². The van der Waals surface area contributed by atoms with Crippen LogP contribution in [-0.4, -0.2) is 27.8 Å². The standard InChI is InChI=1S/C13H16N4O3/c1-9(2)7-8-20-13(19)15-17-12(18)10-5-3-4-6-11(10)14-16-17/h3-6,9H,7-8H2,1-2H3,(H,15,19). The summed E-state index contributed by atoms with van der Waals surface area (Å²) >= 11 is 0. The third kappa shape index (κ3) is 3.31. The van der Waals surface area contributed by atoms with E-state index in [2.05, 4.69) is 15.7 Å². The summed E-state index contributed by atoms with van der Waals surface area (Å²) in [6, 6.07) is 6.77. The number of ether oxygens (including phenoxy) is 1. The highest BCUT2D eigenvalue weighted by molar-refractivity contribution is 5.78. The normalized spacial score (nSPS) is 10.8. The van der Waals surface area contributed by atoms with Crippen molar-refractivity contribution in [2.75, 3.05) is 12.0 Å². The molecule has 106 valence electrons. The predicted octanol–water partition coefficient (Wildman–Crippen LogP) is 1.52. The molecule has 1 heterocycles. The van der Waals surface area contributed by atoms with Gasteiger partial charge < -0.3 is 4.74 Å². The molecule has 0 radical (unpaired) electrons. The molecule has 0 spiro atoms. The number of hydrogen-bond donors (Lipinski definition) is 1. The fourth-order valence-corrected chi connectivity index (χ4v) is 1.57. The molecule has 7 heteroatoms. The van der Waals surface area contributed by atoms with Gasteiger partial charge in [-0.1, -0.05) is 26.0 Å². The first-order chi connectivity index (χ1) is 9.58. The minimum atomic E-state index is -0.725. The van der Waals surface area contributed by atoms with E-state index in [4.69, 9.17) is 4.74 Å². The Hall–Kier alpha value is -2.44. The first kappa shape index (κ1) is 14.0. The van der Waals surface area contributed by atoms with Gasteiger partial charge in [0.15, 0.2) is 0 Å². The number of nitrogens with zero attached hydrogens (tertiary/aromatic N) is 3. The number of nitrogens with one attached hydrogen (secondary N) is 1. The molecule has 0 aliphatic rings. The first-order valence-corrected chi connectivity index (χ1v) is 6.36. The average molecular weight is 276 g/mol. The highest BCUT2D eigenvalue weighted by Crippen LogP contribution is 2.03. The van der Waals surface area contributed by atoms with E-state index in [1.54, 1.807) is 24.3 Å². The molecule has 1 aromatic heterocycles. The number of fused-ring (bicyclic) bond motifs is 1. The molecule has 0 aliphatic carbocycles. The van der Waals surface area contributed by atoms with Crippen LogP contribution in [0.15, 0.2) is 29.1 Å². The number of carbonyl (C=O) groups excluding carboxylic acids is 1. The molecule has 7 nitrogen and oxygen atoms in total. The van der Waals surface area contributed by atoms with Gasteiger partial charge in [-0.25, -0.2) is 10.2 Å². The molecule has 0 aliphatic heterocycles. The van der Waals surface area contributed by atoms with Gasteiger partial charge in [-0.05, 0) is 29.7 Å². The molecule has 1 amide bonds. The maximum atomic E-state index is 12.0. The van der Waals surface area contributed by atoms with Gasteiger partial charge in [0.25, 0.3) is 5.56 Å². The summed E-state index contributed by atoms with van der Waals surface area (Å²) in [4.78, 5) is 24.3. The summed E-state index contributed by atoms with van der Waals surface area (Å²) in [5, 5.41) is 7.86. The van der Waals surface area contributed by atoms with Gasteiger partial charge in [0.1, 0.15) is 5.52 Å². The van der Waals surface area contributed by atoms with Crippen LogP contribution < -0.4 is 11.0 Å². The maximum absolute atomic E-state index is 12.0. The molecule has 1 aromatic carbocycles. The Balaban J connectivity index is 2.08. The zero-order valence-corrected chi connectivity index (χ0v) is 11.4. The highest BCUT2D eigenvalue weighted by Gasteiger charge is 2.09. The molecular weight excluding hydrogens is 260 g/mol. The van der Waals surface area contributed by atoms with E-state index in [0.717, 1.165) is 11.2 Å². The molecule has 0 bridgehead atoms. The van der Waals surface area contributed by atoms with E-state index in [-0.39, 0.29) is 0 Å². The Morgan fingerprint density at radius 1 is 1.40 bits per heavy atom. The van der Waals surface area contributed by atoms with Crippen molar-refractivity contribution in [2.24, 2.45) is 5.92 Å². The zero-order valence-electron chi connectivity index (χ0n) is 11.4. The molecule has 0 atom stereocenters. The SMILES string of the molecule is CC(C)CCOC(=O)Nn1nnc2ccccc2c1=O. The number of benzene rings is 1. The Kier molecular flexibility index (Phi) is 4.29. The molecule has 20 heavy (non-hydrogen) atoms. The topological polar surface area (TPSA) is 86.1 Å². The number of rotatable bonds is 4. The van der Waals surface area contributed by atoms with Gasteiger partial charge in [0, 0.05) is 0 Å². The number of carbonyl (C=O) groups is 1. The summed E-state index contributed by atoms with van der Waals surface area (Å²) in [6.45, 7) is 4.35. The van der Waals surface area contributed by atoms with E-state index >= 15 is 0 Å². The van der Waals surface area contributed by atoms with Gasteiger partial charge in [-0.15, -0.1) is 9.89 Å². The molecule has 2 rings (SSSR count). The van der Waals surface area contributed by atoms with Crippen LogP contribution >= 0.6 is 0 Å². The van der Waals surface area contributed by atoms with Crippen LogP contribution in [0.25, 0.3) is 10.9 Å². The fraction of sp³-hybridized carbons (Fsp3) is 0.385. The van der Waals surface area contributed by atoms with Crippen LogP contribution in [0.3, 0.4) is 0 Å². The Labute approximate surface area is 115 Å². The molecular formula is C13H16N4O3. The summed E-state index contributed by atoms with van der Waals surface area (Å²) < 4.78 is 4.95. The van der Waals surface area contributed by atoms with Gasteiger partial charge in [0.05, 0.1) is 12.0 Å². The predicted molar refractivity (Wildman–Crippen MR) is 74.0 cm³/mol. The van der Waals surface area contributed by atoms with E-state index in [0.29, 0.717) is 23.4 Å². The van der Waals surface area contributed by atoms with Crippen molar-refractivity contribution in [1.29, 1.82) is 0 Å². The lowest BCUT2D eigenvalue weighted by Crippen LogP contribution is -2.36. The lowest BCUT2D eigenvalue weighted by atomic mass is 10.1. The third-order valence-corrected chi connectivity index (χ3v) is 2.69. The quantitative estimate of drug-likeness (QED) is 0.914. The van der Waals surface area contributed by atoms with Crippen LogP contribution in [0.1, 0.15) is 20.3 Å². The Morgan fingerprint density at radius 3 is 2.90 bits per heavy atom. The van der Waals surface area contributed by atoms with Crippen molar-refractivity contribution in [2.45, 2.75) is 20.3 Å². The summed E-state index contributed by atoms with van der Waals surface area (Å²) in [6.07, 6.45) is 0.0310. The smallest absolute Gasteiger partial charge is 0.427 e. The van der Waals surface area contributed by atoms with E-state index in [1.807, 2.05) is 13.8 Å². The molecule has 0 fully saturated rings. The highest BCUT2D eigenvalue weighted by atomic mass is 16.6. The van der Waals surface area contributed by atoms with Crippen molar-refractivity contribution >= 4 is 17.0 Å². The monoisotopic (exact) mass is 276 g/mol. The largest absolute Gasteiger partial charge is 0.448 e. The summed E-state index contributed by atoms with van der Waals surface area (Å²) in [5.74, 6) is 0.436. The fourth-order valence-electron chi connectivity index (χ4n) is 1.57. The van der Waals surface area contributed by atoms with Gasteiger partial charge in [-0.3, -0.25) is 4.79 Å². The van der Waals surface area contributed by atoms with E-state index < -0.39 is 11.7 Å². The molecule has 0 saturated heterocycles. The number of aromatic nitrogens is 3. The number of hydrogen-bond acceptors (Lipinski definition) is 5. The van der Waals surface area contributed by atoms with Gasteiger partial charge in [-0.2, -0.15) is 0 Å². The van der Waals surface area contributed by atoms with Gasteiger partial charge >= 0.3 is 6.09 Å². The minimum Gasteiger partial charge on any atom is -0.448 e. The lowest BCUT2D eigenvalue weighted by Gasteiger charge is -2.08. The van der Waals surface area contributed by atoms with Crippen LogP contribution in [0.4, 0.5) is 4.79 Å². The summed E-state index contributed by atoms with van der Waals surface area (Å²) in [5.41, 5.74) is 2.27. The Morgan fingerprint density at radius 2 is 2.15 bits per heavy atom. The van der Waals surface area contributed by atoms with Crippen LogP contribution in [0, 0.1) is 5.92 Å². The van der Waals surface area contributed by atoms with E-state index in [9.17, 15) is 9.59 Å². The van der Waals surface area contributed by atoms with Crippen molar-refractivity contribution in [3.8, 4) is 0 Å². The van der Waals surface area contributed by atoms with E-state index in [1.165, 1.54) is 0 Å². The average Bonchev–Trinajstić information content (AvgIpc) is 2.42. The minimum absolute atomic E-state index is 0.291.